The number of aliphatic hydroxyl groups is 1. The Bertz CT molecular complexity index is 162. The number of hydrogen-bond acceptors (Lipinski definition) is 2. The van der Waals surface area contributed by atoms with Gasteiger partial charge in [0, 0.05) is 12.6 Å². The topological polar surface area (TPSA) is 23.5 Å². The molecule has 0 radical (unpaired) electrons. The van der Waals surface area contributed by atoms with E-state index in [1.807, 2.05) is 0 Å². The maximum atomic E-state index is 9.71. The lowest BCUT2D eigenvalue weighted by molar-refractivity contribution is 0.0678. The molecule has 13 heavy (non-hydrogen) atoms. The molecular weight excluding hydrogens is 162 g/mol. The van der Waals surface area contributed by atoms with Crippen LogP contribution in [0.3, 0.4) is 0 Å². The molecule has 0 bridgehead atoms. The summed E-state index contributed by atoms with van der Waals surface area (Å²) in [5.41, 5.74) is 0.330. The van der Waals surface area contributed by atoms with E-state index in [9.17, 15) is 5.11 Å². The van der Waals surface area contributed by atoms with E-state index < -0.39 is 0 Å². The lowest BCUT2D eigenvalue weighted by Crippen LogP contribution is -2.41. The van der Waals surface area contributed by atoms with Crippen LogP contribution in [0.25, 0.3) is 0 Å². The summed E-state index contributed by atoms with van der Waals surface area (Å²) in [5.74, 6) is 0. The second-order valence-corrected chi connectivity index (χ2v) is 5.54. The Morgan fingerprint density at radius 1 is 1.31 bits per heavy atom. The Kier molecular flexibility index (Phi) is 3.36. The molecule has 0 amide bonds. The van der Waals surface area contributed by atoms with E-state index in [0.717, 1.165) is 19.4 Å². The SMILES string of the molecule is CN(CC(C)(C)C)C1CCCC1O. The van der Waals surface area contributed by atoms with E-state index >= 15 is 0 Å². The van der Waals surface area contributed by atoms with Crippen LogP contribution in [0.15, 0.2) is 0 Å². The highest BCUT2D eigenvalue weighted by Gasteiger charge is 2.30. The van der Waals surface area contributed by atoms with E-state index in [0.29, 0.717) is 11.5 Å². The molecule has 1 aliphatic rings. The fraction of sp³-hybridized carbons (Fsp3) is 1.00. The van der Waals surface area contributed by atoms with Crippen LogP contribution in [0.5, 0.6) is 0 Å². The molecule has 0 heterocycles. The zero-order valence-corrected chi connectivity index (χ0v) is 9.38. The molecule has 2 atom stereocenters. The average Bonchev–Trinajstić information content (AvgIpc) is 2.30. The van der Waals surface area contributed by atoms with Gasteiger partial charge in [0.05, 0.1) is 6.10 Å². The number of rotatable bonds is 2. The molecular formula is C11H23NO. The van der Waals surface area contributed by atoms with Gasteiger partial charge in [-0.1, -0.05) is 20.8 Å². The Morgan fingerprint density at radius 2 is 1.92 bits per heavy atom. The summed E-state index contributed by atoms with van der Waals surface area (Å²) in [6, 6.07) is 0.402. The molecule has 0 aromatic heterocycles. The van der Waals surface area contributed by atoms with Gasteiger partial charge in [0.1, 0.15) is 0 Å². The monoisotopic (exact) mass is 185 g/mol. The smallest absolute Gasteiger partial charge is 0.0695 e. The van der Waals surface area contributed by atoms with Gasteiger partial charge in [-0.25, -0.2) is 0 Å². The van der Waals surface area contributed by atoms with Crippen molar-refractivity contribution in [2.24, 2.45) is 5.41 Å². The van der Waals surface area contributed by atoms with Crippen molar-refractivity contribution in [3.63, 3.8) is 0 Å². The van der Waals surface area contributed by atoms with E-state index in [-0.39, 0.29) is 6.10 Å². The molecule has 0 spiro atoms. The maximum Gasteiger partial charge on any atom is 0.0695 e. The fourth-order valence-electron chi connectivity index (χ4n) is 2.30. The van der Waals surface area contributed by atoms with Crippen LogP contribution < -0.4 is 0 Å². The molecule has 1 aliphatic carbocycles. The van der Waals surface area contributed by atoms with Crippen molar-refractivity contribution in [3.05, 3.63) is 0 Å². The first-order valence-electron chi connectivity index (χ1n) is 5.28. The first-order chi connectivity index (χ1) is 5.90. The summed E-state index contributed by atoms with van der Waals surface area (Å²) in [7, 11) is 2.13. The van der Waals surface area contributed by atoms with Gasteiger partial charge < -0.3 is 10.0 Å². The standard InChI is InChI=1S/C11H23NO/c1-11(2,3)8-12(4)9-6-5-7-10(9)13/h9-10,13H,5-8H2,1-4H3. The minimum absolute atomic E-state index is 0.0904. The lowest BCUT2D eigenvalue weighted by Gasteiger charge is -2.32. The molecule has 2 unspecified atom stereocenters. The second-order valence-electron chi connectivity index (χ2n) is 5.54. The molecule has 2 heteroatoms. The van der Waals surface area contributed by atoms with Gasteiger partial charge in [0.2, 0.25) is 0 Å². The predicted molar refractivity (Wildman–Crippen MR) is 55.7 cm³/mol. The van der Waals surface area contributed by atoms with E-state index in [1.54, 1.807) is 0 Å². The van der Waals surface area contributed by atoms with E-state index in [2.05, 4.69) is 32.7 Å². The van der Waals surface area contributed by atoms with Crippen molar-refractivity contribution in [1.82, 2.24) is 4.90 Å². The Hall–Kier alpha value is -0.0800. The highest BCUT2D eigenvalue weighted by molar-refractivity contribution is 4.85. The quantitative estimate of drug-likeness (QED) is 0.710. The number of nitrogens with zero attached hydrogens (tertiary/aromatic N) is 1. The molecule has 0 aliphatic heterocycles. The third-order valence-electron chi connectivity index (χ3n) is 2.73. The summed E-state index contributed by atoms with van der Waals surface area (Å²) in [6.07, 6.45) is 3.24. The first-order valence-corrected chi connectivity index (χ1v) is 5.28. The third-order valence-corrected chi connectivity index (χ3v) is 2.73. The summed E-state index contributed by atoms with van der Waals surface area (Å²) >= 11 is 0. The van der Waals surface area contributed by atoms with Crippen molar-refractivity contribution >= 4 is 0 Å². The van der Waals surface area contributed by atoms with Gasteiger partial charge in [0.15, 0.2) is 0 Å². The summed E-state index contributed by atoms with van der Waals surface area (Å²) < 4.78 is 0. The molecule has 1 saturated carbocycles. The van der Waals surface area contributed by atoms with Crippen LogP contribution in [0.2, 0.25) is 0 Å². The summed E-state index contributed by atoms with van der Waals surface area (Å²) in [4.78, 5) is 2.32. The molecule has 1 fully saturated rings. The van der Waals surface area contributed by atoms with E-state index in [1.165, 1.54) is 6.42 Å². The normalized spacial score (nSPS) is 30.0. The van der Waals surface area contributed by atoms with E-state index in [4.69, 9.17) is 0 Å². The first kappa shape index (κ1) is 11.0. The van der Waals surface area contributed by atoms with Crippen LogP contribution in [0.1, 0.15) is 40.0 Å². The van der Waals surface area contributed by atoms with Crippen LogP contribution >= 0.6 is 0 Å². The number of likely N-dealkylation sites (N-methyl/N-ethyl adjacent to an activating group) is 1. The molecule has 0 aromatic rings. The number of hydrogen-bond donors (Lipinski definition) is 1. The van der Waals surface area contributed by atoms with Crippen LogP contribution in [0, 0.1) is 5.41 Å². The van der Waals surface area contributed by atoms with Crippen molar-refractivity contribution in [1.29, 1.82) is 0 Å². The molecule has 1 rings (SSSR count). The van der Waals surface area contributed by atoms with Gasteiger partial charge >= 0.3 is 0 Å². The largest absolute Gasteiger partial charge is 0.391 e. The zero-order chi connectivity index (χ0) is 10.1. The zero-order valence-electron chi connectivity index (χ0n) is 9.38. The van der Waals surface area contributed by atoms with Crippen LogP contribution in [-0.4, -0.2) is 35.7 Å². The number of aliphatic hydroxyl groups excluding tert-OH is 1. The second kappa shape index (κ2) is 3.97. The van der Waals surface area contributed by atoms with Crippen molar-refractivity contribution < 1.29 is 5.11 Å². The van der Waals surface area contributed by atoms with Gasteiger partial charge in [-0.05, 0) is 31.7 Å². The third kappa shape index (κ3) is 3.28. The highest BCUT2D eigenvalue weighted by atomic mass is 16.3. The minimum atomic E-state index is -0.0904. The lowest BCUT2D eigenvalue weighted by atomic mass is 9.95. The minimum Gasteiger partial charge on any atom is -0.391 e. The molecule has 0 aromatic carbocycles. The van der Waals surface area contributed by atoms with Crippen LogP contribution in [0.4, 0.5) is 0 Å². The molecule has 0 saturated heterocycles. The molecule has 78 valence electrons. The van der Waals surface area contributed by atoms with Gasteiger partial charge in [0.25, 0.3) is 0 Å². The molecule has 2 nitrogen and oxygen atoms in total. The molecule has 1 N–H and O–H groups in total. The summed E-state index contributed by atoms with van der Waals surface area (Å²) in [6.45, 7) is 7.79. The van der Waals surface area contributed by atoms with Crippen molar-refractivity contribution in [2.75, 3.05) is 13.6 Å². The summed E-state index contributed by atoms with van der Waals surface area (Å²) in [5, 5.41) is 9.71. The van der Waals surface area contributed by atoms with Gasteiger partial charge in [-0.15, -0.1) is 0 Å². The fourth-order valence-corrected chi connectivity index (χ4v) is 2.30. The van der Waals surface area contributed by atoms with Crippen LogP contribution in [-0.2, 0) is 0 Å². The maximum absolute atomic E-state index is 9.71. The van der Waals surface area contributed by atoms with Crippen molar-refractivity contribution in [2.45, 2.75) is 52.2 Å². The Morgan fingerprint density at radius 3 is 2.31 bits per heavy atom. The Balaban J connectivity index is 2.43. The van der Waals surface area contributed by atoms with Crippen molar-refractivity contribution in [3.8, 4) is 0 Å². The predicted octanol–water partition coefficient (Wildman–Crippen LogP) is 1.88. The van der Waals surface area contributed by atoms with Gasteiger partial charge in [-0.2, -0.15) is 0 Å². The Labute approximate surface area is 81.9 Å². The average molecular weight is 185 g/mol. The highest BCUT2D eigenvalue weighted by Crippen LogP contribution is 2.25. The van der Waals surface area contributed by atoms with Gasteiger partial charge in [-0.3, -0.25) is 0 Å².